The summed E-state index contributed by atoms with van der Waals surface area (Å²) in [6, 6.07) is 0. The van der Waals surface area contributed by atoms with Gasteiger partial charge in [0.05, 0.1) is 25.4 Å². The molecule has 0 saturated carbocycles. The second-order valence-corrected chi connectivity index (χ2v) is 11.6. The number of fused-ring (bicyclic) bond motifs is 1. The summed E-state index contributed by atoms with van der Waals surface area (Å²) in [5, 5.41) is 0. The molecule has 2 aliphatic rings. The third-order valence-electron chi connectivity index (χ3n) is 3.40. The summed E-state index contributed by atoms with van der Waals surface area (Å²) >= 11 is 1.60. The Morgan fingerprint density at radius 3 is 2.30 bits per heavy atom. The number of ether oxygens (including phenoxy) is 2. The van der Waals surface area contributed by atoms with Gasteiger partial charge in [0.1, 0.15) is 4.93 Å². The van der Waals surface area contributed by atoms with Crippen molar-refractivity contribution in [1.82, 2.24) is 0 Å². The van der Waals surface area contributed by atoms with E-state index in [0.717, 1.165) is 12.2 Å². The van der Waals surface area contributed by atoms with Gasteiger partial charge in [-0.2, -0.15) is 0 Å². The lowest BCUT2D eigenvalue weighted by Gasteiger charge is -2.48. The largest absolute Gasteiger partial charge is 0.466 e. The van der Waals surface area contributed by atoms with Gasteiger partial charge in [-0.3, -0.25) is 0 Å². The normalized spacial score (nSPS) is 28.8. The molecule has 20 heavy (non-hydrogen) atoms. The van der Waals surface area contributed by atoms with Gasteiger partial charge in [0.15, 0.2) is 8.32 Å². The molecule has 0 spiro atoms. The Bertz CT molecular complexity index is 482. The molecule has 7 heteroatoms. The molecule has 1 saturated heterocycles. The highest BCUT2D eigenvalue weighted by atomic mass is 32.2. The summed E-state index contributed by atoms with van der Waals surface area (Å²) in [6.07, 6.45) is 0.820. The Labute approximate surface area is 124 Å². The van der Waals surface area contributed by atoms with Gasteiger partial charge in [0.25, 0.3) is 0 Å². The van der Waals surface area contributed by atoms with E-state index in [4.69, 9.17) is 13.9 Å². The van der Waals surface area contributed by atoms with Crippen molar-refractivity contribution in [3.05, 3.63) is 11.1 Å². The third kappa shape index (κ3) is 2.31. The van der Waals surface area contributed by atoms with Gasteiger partial charge in [0.2, 0.25) is 0 Å². The van der Waals surface area contributed by atoms with E-state index in [-0.39, 0.29) is 5.92 Å². The summed E-state index contributed by atoms with van der Waals surface area (Å²) in [6.45, 7) is 6.22. The van der Waals surface area contributed by atoms with Crippen LogP contribution in [0.4, 0.5) is 0 Å². The maximum Gasteiger partial charge on any atom is 0.338 e. The molecule has 0 aromatic heterocycles. The van der Waals surface area contributed by atoms with E-state index >= 15 is 0 Å². The molecule has 0 bridgehead atoms. The molecular formula is C13H20O5SSi. The fourth-order valence-corrected chi connectivity index (χ4v) is 6.37. The average molecular weight is 316 g/mol. The summed E-state index contributed by atoms with van der Waals surface area (Å²) in [4.78, 5) is 23.3. The molecule has 1 heterocycles. The van der Waals surface area contributed by atoms with Crippen LogP contribution in [0.1, 0.15) is 6.42 Å². The molecule has 0 amide bonds. The van der Waals surface area contributed by atoms with Crippen LogP contribution in [0, 0.1) is 5.92 Å². The van der Waals surface area contributed by atoms with E-state index < -0.39 is 25.2 Å². The monoisotopic (exact) mass is 316 g/mol. The van der Waals surface area contributed by atoms with Crippen molar-refractivity contribution in [1.29, 1.82) is 0 Å². The first kappa shape index (κ1) is 15.6. The van der Waals surface area contributed by atoms with Gasteiger partial charge in [-0.1, -0.05) is 0 Å². The highest BCUT2D eigenvalue weighted by Crippen LogP contribution is 2.61. The van der Waals surface area contributed by atoms with Crippen molar-refractivity contribution >= 4 is 32.0 Å². The number of hydrogen-bond acceptors (Lipinski definition) is 6. The minimum atomic E-state index is -1.88. The van der Waals surface area contributed by atoms with Crippen LogP contribution >= 0.6 is 11.8 Å². The number of hydrogen-bond donors (Lipinski definition) is 0. The summed E-state index contributed by atoms with van der Waals surface area (Å²) in [7, 11) is 0.769. The zero-order valence-electron chi connectivity index (χ0n) is 12.4. The topological polar surface area (TPSA) is 61.8 Å². The number of thioether (sulfide) groups is 1. The van der Waals surface area contributed by atoms with Crippen LogP contribution in [0.2, 0.25) is 19.6 Å². The number of rotatable bonds is 4. The first-order chi connectivity index (χ1) is 9.27. The van der Waals surface area contributed by atoms with E-state index in [1.807, 2.05) is 0 Å². The van der Waals surface area contributed by atoms with Crippen molar-refractivity contribution in [2.45, 2.75) is 31.0 Å². The third-order valence-corrected chi connectivity index (χ3v) is 5.92. The molecule has 0 unspecified atom stereocenters. The van der Waals surface area contributed by atoms with E-state index in [1.165, 1.54) is 14.2 Å². The minimum absolute atomic E-state index is 0.0687. The van der Waals surface area contributed by atoms with Gasteiger partial charge < -0.3 is 13.9 Å². The first-order valence-corrected chi connectivity index (χ1v) is 10.9. The lowest BCUT2D eigenvalue weighted by Crippen LogP contribution is -2.55. The molecule has 0 aromatic carbocycles. The van der Waals surface area contributed by atoms with Crippen LogP contribution in [-0.4, -0.2) is 45.2 Å². The van der Waals surface area contributed by atoms with Gasteiger partial charge >= 0.3 is 11.9 Å². The van der Waals surface area contributed by atoms with Crippen LogP contribution in [0.15, 0.2) is 11.1 Å². The summed E-state index contributed by atoms with van der Waals surface area (Å²) < 4.78 is 15.9. The second kappa shape index (κ2) is 5.20. The van der Waals surface area contributed by atoms with Crippen LogP contribution in [0.5, 0.6) is 0 Å². The molecule has 2 rings (SSSR count). The van der Waals surface area contributed by atoms with Crippen molar-refractivity contribution in [3.63, 3.8) is 0 Å². The van der Waals surface area contributed by atoms with Crippen LogP contribution < -0.4 is 0 Å². The molecule has 1 fully saturated rings. The smallest absolute Gasteiger partial charge is 0.338 e. The van der Waals surface area contributed by atoms with Gasteiger partial charge in [-0.05, 0) is 31.8 Å². The zero-order valence-corrected chi connectivity index (χ0v) is 14.3. The van der Waals surface area contributed by atoms with E-state index in [2.05, 4.69) is 19.6 Å². The second-order valence-electron chi connectivity index (χ2n) is 5.84. The predicted octanol–water partition coefficient (Wildman–Crippen LogP) is 1.94. The molecule has 2 atom stereocenters. The van der Waals surface area contributed by atoms with Crippen LogP contribution in [-0.2, 0) is 23.5 Å². The van der Waals surface area contributed by atoms with Gasteiger partial charge in [-0.15, -0.1) is 11.8 Å². The Morgan fingerprint density at radius 2 is 1.80 bits per heavy atom. The first-order valence-electron chi connectivity index (χ1n) is 6.52. The van der Waals surface area contributed by atoms with Gasteiger partial charge in [-0.25, -0.2) is 9.59 Å². The Balaban J connectivity index is 2.47. The number of methoxy groups -OCH3 is 2. The fourth-order valence-electron chi connectivity index (χ4n) is 2.80. The van der Waals surface area contributed by atoms with E-state index in [9.17, 15) is 9.59 Å². The van der Waals surface area contributed by atoms with Crippen molar-refractivity contribution in [2.75, 3.05) is 20.0 Å². The van der Waals surface area contributed by atoms with Crippen molar-refractivity contribution in [2.24, 2.45) is 5.92 Å². The summed E-state index contributed by atoms with van der Waals surface area (Å²) in [5.41, 5.74) is 0.782. The molecule has 0 radical (unpaired) electrons. The van der Waals surface area contributed by atoms with E-state index in [0.29, 0.717) is 11.1 Å². The maximum atomic E-state index is 12.1. The number of carbonyl (C=O) groups is 2. The molecule has 0 N–H and O–H groups in total. The van der Waals surface area contributed by atoms with Crippen LogP contribution in [0.25, 0.3) is 0 Å². The highest BCUT2D eigenvalue weighted by Gasteiger charge is 2.64. The number of carbonyl (C=O) groups excluding carboxylic acids is 2. The molecular weight excluding hydrogens is 296 g/mol. The average Bonchev–Trinajstić information content (AvgIpc) is 2.67. The highest BCUT2D eigenvalue weighted by molar-refractivity contribution is 8.01. The minimum Gasteiger partial charge on any atom is -0.466 e. The molecule has 112 valence electrons. The fraction of sp³-hybridized carbons (Fsp3) is 0.692. The van der Waals surface area contributed by atoms with E-state index in [1.54, 1.807) is 11.8 Å². The van der Waals surface area contributed by atoms with Crippen LogP contribution in [0.3, 0.4) is 0 Å². The quantitative estimate of drug-likeness (QED) is 0.583. The van der Waals surface area contributed by atoms with Crippen molar-refractivity contribution < 1.29 is 23.5 Å². The Kier molecular flexibility index (Phi) is 4.05. The number of esters is 2. The Hall–Kier alpha value is -0.793. The lowest BCUT2D eigenvalue weighted by molar-refractivity contribution is -0.144. The standard InChI is InChI=1S/C13H20O5SSi/c1-16-11(14)9-8-6-7-19-13(8,18-20(3,4)5)10(9)12(15)17-2/h8H,6-7H2,1-5H3/t8-,13-/m0/s1. The molecule has 0 aromatic rings. The SMILES string of the molecule is COC(=O)C1=C(C(=O)OC)[C@@]2(O[Si](C)(C)C)SCC[C@@H]12. The van der Waals surface area contributed by atoms with Gasteiger partial charge in [0, 0.05) is 5.92 Å². The molecule has 5 nitrogen and oxygen atoms in total. The summed E-state index contributed by atoms with van der Waals surface area (Å²) in [5.74, 6) is -0.154. The Morgan fingerprint density at radius 1 is 1.20 bits per heavy atom. The molecule has 1 aliphatic carbocycles. The zero-order chi connectivity index (χ0) is 15.1. The predicted molar refractivity (Wildman–Crippen MR) is 78.8 cm³/mol. The van der Waals surface area contributed by atoms with Crippen molar-refractivity contribution in [3.8, 4) is 0 Å². The lowest BCUT2D eigenvalue weighted by atomic mass is 9.72. The maximum absolute atomic E-state index is 12.1. The molecule has 1 aliphatic heterocycles.